The summed E-state index contributed by atoms with van der Waals surface area (Å²) in [5.74, 6) is 1.90. The van der Waals surface area contributed by atoms with Crippen LogP contribution in [-0.2, 0) is 0 Å². The summed E-state index contributed by atoms with van der Waals surface area (Å²) in [6, 6.07) is 22.6. The SMILES string of the molecule is CCCNC1C(C)C(c2ccccc2)C1c1ccccc1. The molecule has 1 saturated carbocycles. The molecular weight excluding hydrogens is 254 g/mol. The van der Waals surface area contributed by atoms with Crippen molar-refractivity contribution in [2.24, 2.45) is 5.92 Å². The Kier molecular flexibility index (Phi) is 4.40. The van der Waals surface area contributed by atoms with Crippen LogP contribution in [0.4, 0.5) is 0 Å². The molecule has 3 rings (SSSR count). The van der Waals surface area contributed by atoms with E-state index < -0.39 is 0 Å². The Bertz CT molecular complexity index is 549. The monoisotopic (exact) mass is 279 g/mol. The molecule has 0 aromatic heterocycles. The lowest BCUT2D eigenvalue weighted by Crippen LogP contribution is -2.54. The standard InChI is InChI=1S/C20H25N/c1-3-14-21-20-15(2)18(16-10-6-4-7-11-16)19(20)17-12-8-5-9-13-17/h4-13,15,18-21H,3,14H2,1-2H3. The average Bonchev–Trinajstić information content (AvgIpc) is 2.54. The van der Waals surface area contributed by atoms with Crippen LogP contribution in [0.2, 0.25) is 0 Å². The van der Waals surface area contributed by atoms with Crippen LogP contribution in [0.3, 0.4) is 0 Å². The van der Waals surface area contributed by atoms with Gasteiger partial charge in [-0.2, -0.15) is 0 Å². The molecule has 2 aromatic rings. The van der Waals surface area contributed by atoms with E-state index in [2.05, 4.69) is 79.8 Å². The third-order valence-electron chi connectivity index (χ3n) is 4.91. The molecule has 0 aliphatic heterocycles. The lowest BCUT2D eigenvalue weighted by Gasteiger charge is -2.52. The fourth-order valence-electron chi connectivity index (χ4n) is 3.86. The molecule has 0 spiro atoms. The van der Waals surface area contributed by atoms with Gasteiger partial charge in [0.25, 0.3) is 0 Å². The first-order valence-corrected chi connectivity index (χ1v) is 8.16. The van der Waals surface area contributed by atoms with Crippen LogP contribution < -0.4 is 5.32 Å². The zero-order chi connectivity index (χ0) is 14.7. The van der Waals surface area contributed by atoms with E-state index in [1.54, 1.807) is 0 Å². The second-order valence-electron chi connectivity index (χ2n) is 6.21. The zero-order valence-corrected chi connectivity index (χ0v) is 13.0. The van der Waals surface area contributed by atoms with Crippen LogP contribution >= 0.6 is 0 Å². The van der Waals surface area contributed by atoms with E-state index in [1.165, 1.54) is 17.5 Å². The second kappa shape index (κ2) is 6.44. The van der Waals surface area contributed by atoms with Crippen LogP contribution in [-0.4, -0.2) is 12.6 Å². The smallest absolute Gasteiger partial charge is 0.0173 e. The van der Waals surface area contributed by atoms with Gasteiger partial charge in [0.15, 0.2) is 0 Å². The highest BCUT2D eigenvalue weighted by Crippen LogP contribution is 2.53. The number of benzene rings is 2. The van der Waals surface area contributed by atoms with E-state index in [9.17, 15) is 0 Å². The van der Waals surface area contributed by atoms with Gasteiger partial charge < -0.3 is 5.32 Å². The van der Waals surface area contributed by atoms with Crippen molar-refractivity contribution in [1.29, 1.82) is 0 Å². The predicted octanol–water partition coefficient (Wildman–Crippen LogP) is 4.57. The Morgan fingerprint density at radius 1 is 0.810 bits per heavy atom. The summed E-state index contributed by atoms with van der Waals surface area (Å²) in [6.07, 6.45) is 1.20. The van der Waals surface area contributed by atoms with Gasteiger partial charge in [-0.3, -0.25) is 0 Å². The molecule has 21 heavy (non-hydrogen) atoms. The minimum atomic E-state index is 0.593. The molecule has 4 atom stereocenters. The highest BCUT2D eigenvalue weighted by Gasteiger charge is 2.48. The highest BCUT2D eigenvalue weighted by atomic mass is 15.0. The molecule has 0 heterocycles. The molecular formula is C20H25N. The molecule has 110 valence electrons. The Hall–Kier alpha value is -1.60. The first kappa shape index (κ1) is 14.3. The molecule has 0 saturated heterocycles. The molecule has 0 radical (unpaired) electrons. The highest BCUT2D eigenvalue weighted by molar-refractivity contribution is 5.36. The van der Waals surface area contributed by atoms with Crippen molar-refractivity contribution in [3.63, 3.8) is 0 Å². The predicted molar refractivity (Wildman–Crippen MR) is 89.6 cm³/mol. The maximum atomic E-state index is 3.77. The van der Waals surface area contributed by atoms with E-state index in [4.69, 9.17) is 0 Å². The maximum absolute atomic E-state index is 3.77. The molecule has 1 aliphatic carbocycles. The zero-order valence-electron chi connectivity index (χ0n) is 13.0. The fourth-order valence-corrected chi connectivity index (χ4v) is 3.86. The lowest BCUT2D eigenvalue weighted by molar-refractivity contribution is 0.141. The molecule has 4 unspecified atom stereocenters. The molecule has 1 aliphatic rings. The van der Waals surface area contributed by atoms with Gasteiger partial charge in [-0.25, -0.2) is 0 Å². The Balaban J connectivity index is 1.89. The largest absolute Gasteiger partial charge is 0.313 e. The van der Waals surface area contributed by atoms with Crippen molar-refractivity contribution in [1.82, 2.24) is 5.32 Å². The van der Waals surface area contributed by atoms with Crippen molar-refractivity contribution in [2.75, 3.05) is 6.54 Å². The van der Waals surface area contributed by atoms with Crippen molar-refractivity contribution >= 4 is 0 Å². The minimum Gasteiger partial charge on any atom is -0.313 e. The van der Waals surface area contributed by atoms with Crippen molar-refractivity contribution in [3.8, 4) is 0 Å². The van der Waals surface area contributed by atoms with Crippen LogP contribution in [0.1, 0.15) is 43.2 Å². The fraction of sp³-hybridized carbons (Fsp3) is 0.400. The number of rotatable bonds is 5. The maximum Gasteiger partial charge on any atom is 0.0173 e. The number of hydrogen-bond donors (Lipinski definition) is 1. The normalized spacial score (nSPS) is 28.1. The van der Waals surface area contributed by atoms with Crippen LogP contribution in [0.5, 0.6) is 0 Å². The van der Waals surface area contributed by atoms with Gasteiger partial charge >= 0.3 is 0 Å². The summed E-state index contributed by atoms with van der Waals surface area (Å²) < 4.78 is 0. The van der Waals surface area contributed by atoms with Gasteiger partial charge in [0.05, 0.1) is 0 Å². The molecule has 0 bridgehead atoms. The summed E-state index contributed by atoms with van der Waals surface area (Å²) in [6.45, 7) is 5.74. The van der Waals surface area contributed by atoms with Crippen molar-refractivity contribution in [3.05, 3.63) is 71.8 Å². The van der Waals surface area contributed by atoms with Crippen molar-refractivity contribution in [2.45, 2.75) is 38.1 Å². The second-order valence-corrected chi connectivity index (χ2v) is 6.21. The first-order valence-electron chi connectivity index (χ1n) is 8.16. The van der Waals surface area contributed by atoms with E-state index >= 15 is 0 Å². The molecule has 1 N–H and O–H groups in total. The Labute approximate surface area is 128 Å². The molecule has 1 fully saturated rings. The van der Waals surface area contributed by atoms with E-state index in [-0.39, 0.29) is 0 Å². The van der Waals surface area contributed by atoms with Crippen molar-refractivity contribution < 1.29 is 0 Å². The number of hydrogen-bond acceptors (Lipinski definition) is 1. The Morgan fingerprint density at radius 3 is 1.86 bits per heavy atom. The third-order valence-corrected chi connectivity index (χ3v) is 4.91. The van der Waals surface area contributed by atoms with Gasteiger partial charge in [0.2, 0.25) is 0 Å². The van der Waals surface area contributed by atoms with Gasteiger partial charge in [0.1, 0.15) is 0 Å². The van der Waals surface area contributed by atoms with Gasteiger partial charge in [0, 0.05) is 12.0 Å². The van der Waals surface area contributed by atoms with Gasteiger partial charge in [-0.1, -0.05) is 74.5 Å². The minimum absolute atomic E-state index is 0.593. The summed E-state index contributed by atoms with van der Waals surface area (Å²) >= 11 is 0. The first-order chi connectivity index (χ1) is 10.3. The average molecular weight is 279 g/mol. The lowest BCUT2D eigenvalue weighted by atomic mass is 9.56. The summed E-state index contributed by atoms with van der Waals surface area (Å²) in [5, 5.41) is 3.77. The molecule has 1 heteroatoms. The van der Waals surface area contributed by atoms with Gasteiger partial charge in [-0.15, -0.1) is 0 Å². The summed E-state index contributed by atoms with van der Waals surface area (Å²) in [7, 11) is 0. The number of nitrogens with one attached hydrogen (secondary N) is 1. The van der Waals surface area contributed by atoms with E-state index in [0.717, 1.165) is 6.54 Å². The summed E-state index contributed by atoms with van der Waals surface area (Å²) in [5.41, 5.74) is 2.95. The van der Waals surface area contributed by atoms with E-state index in [0.29, 0.717) is 23.8 Å². The van der Waals surface area contributed by atoms with Gasteiger partial charge in [-0.05, 0) is 35.9 Å². The third kappa shape index (κ3) is 2.75. The summed E-state index contributed by atoms with van der Waals surface area (Å²) in [4.78, 5) is 0. The van der Waals surface area contributed by atoms with Crippen LogP contribution in [0.15, 0.2) is 60.7 Å². The van der Waals surface area contributed by atoms with E-state index in [1.807, 2.05) is 0 Å². The van der Waals surface area contributed by atoms with Crippen LogP contribution in [0, 0.1) is 5.92 Å². The molecule has 0 amide bonds. The Morgan fingerprint density at radius 2 is 1.33 bits per heavy atom. The quantitative estimate of drug-likeness (QED) is 0.845. The molecule has 2 aromatic carbocycles. The molecule has 1 nitrogen and oxygen atoms in total. The van der Waals surface area contributed by atoms with Crippen LogP contribution in [0.25, 0.3) is 0 Å². The topological polar surface area (TPSA) is 12.0 Å².